The van der Waals surface area contributed by atoms with Gasteiger partial charge in [-0.05, 0) is 51.4 Å². The standard InChI is InChI=1S/C62H117NO10/c1-4-7-10-13-16-19-22-24-25-26-27-28-29-30-31-32-35-38-41-44-47-50-57(67)73-60-59(69)58(68)56(51-64)72-62(60)71-52-53(54(65)48-45-42-39-36-33-21-18-15-12-9-6-3)63-61(70)55(66)49-46-43-40-37-34-23-20-17-14-11-8-5-2/h34,37,45,48,53-56,58-60,62,64-66,68-69H,4-33,35-36,38-44,46-47,49-52H2,1-3H3,(H,63,70)/b37-34-,48-45+. The predicted molar refractivity (Wildman–Crippen MR) is 301 cm³/mol. The minimum Gasteiger partial charge on any atom is -0.454 e. The maximum Gasteiger partial charge on any atom is 0.306 e. The summed E-state index contributed by atoms with van der Waals surface area (Å²) in [6.45, 7) is 5.78. The lowest BCUT2D eigenvalue weighted by Gasteiger charge is -2.41. The van der Waals surface area contributed by atoms with Crippen LogP contribution in [0.5, 0.6) is 0 Å². The van der Waals surface area contributed by atoms with Crippen molar-refractivity contribution in [2.45, 2.75) is 346 Å². The molecule has 0 aromatic carbocycles. The maximum absolute atomic E-state index is 13.3. The number of unbranched alkanes of at least 4 members (excludes halogenated alkanes) is 37. The number of carbonyl (C=O) groups is 2. The minimum absolute atomic E-state index is 0.128. The van der Waals surface area contributed by atoms with Crippen LogP contribution in [0.15, 0.2) is 24.3 Å². The molecule has 0 spiro atoms. The molecule has 11 heteroatoms. The van der Waals surface area contributed by atoms with E-state index in [0.717, 1.165) is 57.8 Å². The van der Waals surface area contributed by atoms with Crippen LogP contribution in [0.1, 0.15) is 297 Å². The second kappa shape index (κ2) is 50.9. The number of esters is 1. The molecule has 1 aliphatic heterocycles. The molecule has 430 valence electrons. The third-order valence-corrected chi connectivity index (χ3v) is 14.9. The molecule has 1 aliphatic rings. The number of aliphatic hydroxyl groups is 5. The van der Waals surface area contributed by atoms with Crippen LogP contribution in [0, 0.1) is 0 Å². The zero-order chi connectivity index (χ0) is 53.3. The van der Waals surface area contributed by atoms with Crippen molar-refractivity contribution in [3.63, 3.8) is 0 Å². The summed E-state index contributed by atoms with van der Waals surface area (Å²) in [5.41, 5.74) is 0. The highest BCUT2D eigenvalue weighted by Crippen LogP contribution is 2.26. The van der Waals surface area contributed by atoms with Gasteiger partial charge in [0.05, 0.1) is 25.4 Å². The largest absolute Gasteiger partial charge is 0.454 e. The van der Waals surface area contributed by atoms with Gasteiger partial charge in [-0.15, -0.1) is 0 Å². The number of aliphatic hydroxyl groups excluding tert-OH is 5. The fraction of sp³-hybridized carbons (Fsp3) is 0.903. The average molecular weight is 1040 g/mol. The second-order valence-corrected chi connectivity index (χ2v) is 21.8. The Morgan fingerprint density at radius 3 is 1.33 bits per heavy atom. The van der Waals surface area contributed by atoms with Gasteiger partial charge in [0.2, 0.25) is 5.91 Å². The molecule has 6 N–H and O–H groups in total. The summed E-state index contributed by atoms with van der Waals surface area (Å²) < 4.78 is 17.6. The average Bonchev–Trinajstić information content (AvgIpc) is 3.39. The summed E-state index contributed by atoms with van der Waals surface area (Å²) in [5.74, 6) is -1.20. The van der Waals surface area contributed by atoms with Crippen molar-refractivity contribution in [1.29, 1.82) is 0 Å². The summed E-state index contributed by atoms with van der Waals surface area (Å²) in [6, 6.07) is -1.03. The Morgan fingerprint density at radius 2 is 0.904 bits per heavy atom. The molecular formula is C62H117NO10. The lowest BCUT2D eigenvalue weighted by Crippen LogP contribution is -2.61. The number of ether oxygens (including phenoxy) is 3. The van der Waals surface area contributed by atoms with E-state index in [4.69, 9.17) is 14.2 Å². The van der Waals surface area contributed by atoms with Crippen molar-refractivity contribution >= 4 is 11.9 Å². The predicted octanol–water partition coefficient (Wildman–Crippen LogP) is 14.5. The Morgan fingerprint density at radius 1 is 0.521 bits per heavy atom. The number of hydrogen-bond donors (Lipinski definition) is 6. The van der Waals surface area contributed by atoms with Gasteiger partial charge in [0.1, 0.15) is 24.4 Å². The first-order chi connectivity index (χ1) is 35.7. The first kappa shape index (κ1) is 69.2. The molecule has 0 bridgehead atoms. The monoisotopic (exact) mass is 1040 g/mol. The van der Waals surface area contributed by atoms with Crippen LogP contribution in [0.25, 0.3) is 0 Å². The van der Waals surface area contributed by atoms with E-state index < -0.39 is 67.4 Å². The molecule has 1 saturated heterocycles. The van der Waals surface area contributed by atoms with Crippen molar-refractivity contribution in [1.82, 2.24) is 5.32 Å². The van der Waals surface area contributed by atoms with Gasteiger partial charge in [0, 0.05) is 6.42 Å². The fourth-order valence-electron chi connectivity index (χ4n) is 9.88. The lowest BCUT2D eigenvalue weighted by molar-refractivity contribution is -0.305. The van der Waals surface area contributed by atoms with Crippen LogP contribution in [0.2, 0.25) is 0 Å². The van der Waals surface area contributed by atoms with Crippen LogP contribution in [0.3, 0.4) is 0 Å². The van der Waals surface area contributed by atoms with Crippen LogP contribution in [-0.2, 0) is 23.8 Å². The Hall–Kier alpha value is -1.86. The van der Waals surface area contributed by atoms with Crippen molar-refractivity contribution in [2.24, 2.45) is 0 Å². The Labute approximate surface area is 448 Å². The normalized spacial score (nSPS) is 19.5. The molecule has 8 unspecified atom stereocenters. The van der Waals surface area contributed by atoms with Gasteiger partial charge in [0.15, 0.2) is 12.4 Å². The maximum atomic E-state index is 13.3. The van der Waals surface area contributed by atoms with Gasteiger partial charge >= 0.3 is 5.97 Å². The van der Waals surface area contributed by atoms with Gasteiger partial charge in [-0.25, -0.2) is 0 Å². The summed E-state index contributed by atoms with van der Waals surface area (Å²) in [6.07, 6.45) is 48.0. The molecule has 0 aromatic heterocycles. The van der Waals surface area contributed by atoms with Crippen molar-refractivity contribution < 1.29 is 49.3 Å². The van der Waals surface area contributed by atoms with E-state index in [1.807, 2.05) is 6.08 Å². The molecule has 8 atom stereocenters. The smallest absolute Gasteiger partial charge is 0.306 e. The Bertz CT molecular complexity index is 1280. The van der Waals surface area contributed by atoms with E-state index >= 15 is 0 Å². The second-order valence-electron chi connectivity index (χ2n) is 21.8. The molecule has 1 amide bonds. The number of amides is 1. The van der Waals surface area contributed by atoms with Gasteiger partial charge in [-0.3, -0.25) is 9.59 Å². The van der Waals surface area contributed by atoms with Gasteiger partial charge in [-0.1, -0.05) is 263 Å². The molecule has 0 radical (unpaired) electrons. The van der Waals surface area contributed by atoms with Crippen LogP contribution in [-0.4, -0.2) is 99.6 Å². The third kappa shape index (κ3) is 39.2. The first-order valence-corrected chi connectivity index (χ1v) is 31.1. The molecule has 73 heavy (non-hydrogen) atoms. The molecule has 0 aromatic rings. The molecule has 1 fully saturated rings. The van der Waals surface area contributed by atoms with E-state index in [-0.39, 0.29) is 19.4 Å². The fourth-order valence-corrected chi connectivity index (χ4v) is 9.88. The minimum atomic E-state index is -1.61. The Balaban J connectivity index is 2.62. The highest BCUT2D eigenvalue weighted by molar-refractivity contribution is 5.80. The topological polar surface area (TPSA) is 175 Å². The summed E-state index contributed by atoms with van der Waals surface area (Å²) in [5, 5.41) is 56.8. The van der Waals surface area contributed by atoms with E-state index in [0.29, 0.717) is 12.8 Å². The zero-order valence-electron chi connectivity index (χ0n) is 47.5. The number of nitrogens with one attached hydrogen (secondary N) is 1. The van der Waals surface area contributed by atoms with Crippen molar-refractivity contribution in [3.8, 4) is 0 Å². The first-order valence-electron chi connectivity index (χ1n) is 31.1. The molecule has 11 nitrogen and oxygen atoms in total. The van der Waals surface area contributed by atoms with Gasteiger partial charge in [0.25, 0.3) is 0 Å². The molecule has 0 saturated carbocycles. The molecule has 0 aliphatic carbocycles. The van der Waals surface area contributed by atoms with Gasteiger partial charge < -0.3 is 45.1 Å². The molecule has 1 rings (SSSR count). The highest BCUT2D eigenvalue weighted by atomic mass is 16.7. The lowest BCUT2D eigenvalue weighted by atomic mass is 9.99. The van der Waals surface area contributed by atoms with Crippen LogP contribution < -0.4 is 5.32 Å². The molecular weight excluding hydrogens is 919 g/mol. The summed E-state index contributed by atoms with van der Waals surface area (Å²) >= 11 is 0. The van der Waals surface area contributed by atoms with Crippen LogP contribution >= 0.6 is 0 Å². The number of hydrogen-bond acceptors (Lipinski definition) is 10. The van der Waals surface area contributed by atoms with E-state index in [9.17, 15) is 35.1 Å². The highest BCUT2D eigenvalue weighted by Gasteiger charge is 2.47. The van der Waals surface area contributed by atoms with Crippen molar-refractivity contribution in [2.75, 3.05) is 13.2 Å². The van der Waals surface area contributed by atoms with E-state index in [1.54, 1.807) is 6.08 Å². The number of carbonyl (C=O) groups excluding carboxylic acids is 2. The number of rotatable bonds is 53. The number of allylic oxidation sites excluding steroid dienone is 3. The summed E-state index contributed by atoms with van der Waals surface area (Å²) in [4.78, 5) is 26.5. The van der Waals surface area contributed by atoms with E-state index in [2.05, 4.69) is 38.2 Å². The SMILES string of the molecule is CCCCCCCC/C=C\CCCCC(O)C(=O)NC(COC1OC(CO)C(O)C(O)C1OC(=O)CCCCCCCCCCCCCCCCCCCCCCC)C(O)/C=C/CCCCCCCCCCC. The molecule has 1 heterocycles. The third-order valence-electron chi connectivity index (χ3n) is 14.9. The van der Waals surface area contributed by atoms with Gasteiger partial charge in [-0.2, -0.15) is 0 Å². The zero-order valence-corrected chi connectivity index (χ0v) is 47.5. The van der Waals surface area contributed by atoms with E-state index in [1.165, 1.54) is 193 Å². The Kier molecular flexibility index (Phi) is 48.2. The summed E-state index contributed by atoms with van der Waals surface area (Å²) in [7, 11) is 0. The van der Waals surface area contributed by atoms with Crippen molar-refractivity contribution in [3.05, 3.63) is 24.3 Å². The van der Waals surface area contributed by atoms with Crippen LogP contribution in [0.4, 0.5) is 0 Å². The quantitative estimate of drug-likeness (QED) is 0.0195.